The quantitative estimate of drug-likeness (QED) is 0.716. The third-order valence-electron chi connectivity index (χ3n) is 5.23. The van der Waals surface area contributed by atoms with Gasteiger partial charge in [-0.1, -0.05) is 25.1 Å². The maximum Gasteiger partial charge on any atom is 0.232 e. The van der Waals surface area contributed by atoms with Crippen LogP contribution in [-0.2, 0) is 20.7 Å². The van der Waals surface area contributed by atoms with E-state index in [4.69, 9.17) is 10.5 Å². The van der Waals surface area contributed by atoms with Crippen LogP contribution in [0.5, 0.6) is 0 Å². The van der Waals surface area contributed by atoms with Crippen molar-refractivity contribution in [2.45, 2.75) is 25.7 Å². The van der Waals surface area contributed by atoms with Gasteiger partial charge >= 0.3 is 0 Å². The Hall–Kier alpha value is -3.20. The first-order valence-corrected chi connectivity index (χ1v) is 9.75. The van der Waals surface area contributed by atoms with Gasteiger partial charge < -0.3 is 26.0 Å². The average molecular weight is 396 g/mol. The Morgan fingerprint density at radius 2 is 2.07 bits per heavy atom. The number of ether oxygens (including phenoxy) is 1. The number of hydrogen-bond donors (Lipinski definition) is 3. The highest BCUT2D eigenvalue weighted by atomic mass is 16.5. The van der Waals surface area contributed by atoms with Gasteiger partial charge in [0.2, 0.25) is 17.8 Å². The van der Waals surface area contributed by atoms with Crippen molar-refractivity contribution in [1.29, 1.82) is 0 Å². The fourth-order valence-corrected chi connectivity index (χ4v) is 3.68. The molecule has 1 fully saturated rings. The van der Waals surface area contributed by atoms with E-state index in [1.165, 1.54) is 0 Å². The van der Waals surface area contributed by atoms with E-state index in [0.29, 0.717) is 43.6 Å². The Morgan fingerprint density at radius 1 is 1.31 bits per heavy atom. The van der Waals surface area contributed by atoms with Crippen LogP contribution in [-0.4, -0.2) is 48.1 Å². The fraction of sp³-hybridized carbons (Fsp3) is 0.400. The Balaban J connectivity index is 1.64. The van der Waals surface area contributed by atoms with Crippen LogP contribution < -0.4 is 21.3 Å². The number of nitrogen functional groups attached to an aromatic ring is 1. The molecule has 0 bridgehead atoms. The number of para-hydroxylation sites is 1. The number of morpholine rings is 1. The molecule has 2 amide bonds. The highest BCUT2D eigenvalue weighted by molar-refractivity contribution is 6.05. The monoisotopic (exact) mass is 396 g/mol. The predicted molar refractivity (Wildman–Crippen MR) is 110 cm³/mol. The summed E-state index contributed by atoms with van der Waals surface area (Å²) in [5, 5.41) is 5.68. The minimum absolute atomic E-state index is 0.00239. The number of nitrogens with one attached hydrogen (secondary N) is 2. The molecule has 0 radical (unpaired) electrons. The molecule has 1 aromatic heterocycles. The summed E-state index contributed by atoms with van der Waals surface area (Å²) >= 11 is 0. The number of anilines is 4. The zero-order chi connectivity index (χ0) is 20.4. The van der Waals surface area contributed by atoms with Crippen LogP contribution in [0, 0.1) is 0 Å². The third kappa shape index (κ3) is 3.86. The van der Waals surface area contributed by atoms with Gasteiger partial charge in [0, 0.05) is 25.2 Å². The molecule has 1 atom stereocenters. The molecule has 9 nitrogen and oxygen atoms in total. The summed E-state index contributed by atoms with van der Waals surface area (Å²) in [6, 6.07) is 7.60. The number of nitrogens with zero attached hydrogens (tertiary/aromatic N) is 3. The zero-order valence-corrected chi connectivity index (χ0v) is 16.3. The van der Waals surface area contributed by atoms with E-state index < -0.39 is 5.92 Å². The molecule has 0 saturated carbocycles. The molecule has 4 rings (SSSR count). The number of aryl methyl sites for hydroxylation is 1. The smallest absolute Gasteiger partial charge is 0.232 e. The summed E-state index contributed by atoms with van der Waals surface area (Å²) in [5.74, 6) is -0.367. The molecular formula is C20H24N6O3. The standard InChI is InChI=1S/C20H24N6O3/c1-2-12-5-3-4-6-14(12)22-19(28)13-11-15(27)23-18-16(13)17(21)24-20(25-18)26-7-9-29-10-8-26/h3-6,13H,2,7-11H2,1H3,(H,22,28)(H3,21,23,24,25,27). The molecule has 3 heterocycles. The molecule has 0 aliphatic carbocycles. The van der Waals surface area contributed by atoms with Crippen molar-refractivity contribution in [2.24, 2.45) is 0 Å². The van der Waals surface area contributed by atoms with E-state index in [0.717, 1.165) is 17.7 Å². The molecule has 2 aromatic rings. The van der Waals surface area contributed by atoms with Gasteiger partial charge in [0.25, 0.3) is 0 Å². The summed E-state index contributed by atoms with van der Waals surface area (Å²) in [4.78, 5) is 36.2. The van der Waals surface area contributed by atoms with Crippen molar-refractivity contribution < 1.29 is 14.3 Å². The molecular weight excluding hydrogens is 372 g/mol. The van der Waals surface area contributed by atoms with Gasteiger partial charge in [-0.15, -0.1) is 0 Å². The summed E-state index contributed by atoms with van der Waals surface area (Å²) in [6.45, 7) is 4.46. The number of amides is 2. The number of benzene rings is 1. The second kappa shape index (κ2) is 8.04. The summed E-state index contributed by atoms with van der Waals surface area (Å²) in [6.07, 6.45) is 0.782. The second-order valence-electron chi connectivity index (χ2n) is 7.08. The fourth-order valence-electron chi connectivity index (χ4n) is 3.68. The normalized spacial score (nSPS) is 18.7. The summed E-state index contributed by atoms with van der Waals surface area (Å²) in [5.41, 5.74) is 8.45. The van der Waals surface area contributed by atoms with E-state index in [9.17, 15) is 9.59 Å². The lowest BCUT2D eigenvalue weighted by Crippen LogP contribution is -2.38. The first kappa shape index (κ1) is 19.1. The number of carbonyl (C=O) groups excluding carboxylic acids is 2. The van der Waals surface area contributed by atoms with Gasteiger partial charge in [0.1, 0.15) is 11.6 Å². The van der Waals surface area contributed by atoms with Crippen LogP contribution in [0.25, 0.3) is 0 Å². The highest BCUT2D eigenvalue weighted by Gasteiger charge is 2.35. The Morgan fingerprint density at radius 3 is 2.83 bits per heavy atom. The first-order chi connectivity index (χ1) is 14.1. The van der Waals surface area contributed by atoms with Gasteiger partial charge in [-0.3, -0.25) is 9.59 Å². The highest BCUT2D eigenvalue weighted by Crippen LogP contribution is 2.36. The van der Waals surface area contributed by atoms with Crippen molar-refractivity contribution >= 4 is 35.1 Å². The molecule has 2 aliphatic rings. The molecule has 152 valence electrons. The summed E-state index contributed by atoms with van der Waals surface area (Å²) < 4.78 is 5.35. The Bertz CT molecular complexity index is 942. The number of aromatic nitrogens is 2. The van der Waals surface area contributed by atoms with Crippen molar-refractivity contribution in [3.05, 3.63) is 35.4 Å². The van der Waals surface area contributed by atoms with Gasteiger partial charge in [-0.25, -0.2) is 0 Å². The van der Waals surface area contributed by atoms with Crippen LogP contribution in [0.4, 0.5) is 23.3 Å². The average Bonchev–Trinajstić information content (AvgIpc) is 2.73. The summed E-state index contributed by atoms with van der Waals surface area (Å²) in [7, 11) is 0. The van der Waals surface area contributed by atoms with Gasteiger partial charge in [0.05, 0.1) is 24.7 Å². The van der Waals surface area contributed by atoms with Gasteiger partial charge in [0.15, 0.2) is 0 Å². The lowest BCUT2D eigenvalue weighted by Gasteiger charge is -2.30. The van der Waals surface area contributed by atoms with E-state index in [2.05, 4.69) is 20.6 Å². The number of carbonyl (C=O) groups is 2. The van der Waals surface area contributed by atoms with E-state index in [1.54, 1.807) is 0 Å². The van der Waals surface area contributed by atoms with Crippen LogP contribution in [0.1, 0.15) is 30.4 Å². The van der Waals surface area contributed by atoms with Crippen molar-refractivity contribution in [2.75, 3.05) is 47.6 Å². The van der Waals surface area contributed by atoms with Crippen molar-refractivity contribution in [1.82, 2.24) is 9.97 Å². The first-order valence-electron chi connectivity index (χ1n) is 9.75. The molecule has 4 N–H and O–H groups in total. The van der Waals surface area contributed by atoms with Crippen LogP contribution in [0.15, 0.2) is 24.3 Å². The van der Waals surface area contributed by atoms with Crippen LogP contribution in [0.2, 0.25) is 0 Å². The number of rotatable bonds is 4. The molecule has 1 unspecified atom stereocenters. The van der Waals surface area contributed by atoms with E-state index in [-0.39, 0.29) is 24.1 Å². The largest absolute Gasteiger partial charge is 0.383 e. The van der Waals surface area contributed by atoms with Crippen LogP contribution >= 0.6 is 0 Å². The van der Waals surface area contributed by atoms with Gasteiger partial charge in [-0.05, 0) is 18.1 Å². The van der Waals surface area contributed by atoms with E-state index >= 15 is 0 Å². The molecule has 1 saturated heterocycles. The lowest BCUT2D eigenvalue weighted by molar-refractivity contribution is -0.123. The predicted octanol–water partition coefficient (Wildman–Crippen LogP) is 1.52. The van der Waals surface area contributed by atoms with E-state index in [1.807, 2.05) is 36.1 Å². The number of nitrogens with two attached hydrogens (primary N) is 1. The molecule has 0 spiro atoms. The number of hydrogen-bond acceptors (Lipinski definition) is 7. The Kier molecular flexibility index (Phi) is 5.30. The second-order valence-corrected chi connectivity index (χ2v) is 7.08. The minimum atomic E-state index is -0.748. The minimum Gasteiger partial charge on any atom is -0.383 e. The van der Waals surface area contributed by atoms with Crippen molar-refractivity contribution in [3.8, 4) is 0 Å². The SMILES string of the molecule is CCc1ccccc1NC(=O)C1CC(=O)Nc2nc(N3CCOCC3)nc(N)c21. The maximum atomic E-state index is 13.1. The number of fused-ring (bicyclic) bond motifs is 1. The third-order valence-corrected chi connectivity index (χ3v) is 5.23. The Labute approximate surface area is 168 Å². The zero-order valence-electron chi connectivity index (χ0n) is 16.3. The van der Waals surface area contributed by atoms with Crippen molar-refractivity contribution in [3.63, 3.8) is 0 Å². The topological polar surface area (TPSA) is 122 Å². The molecule has 29 heavy (non-hydrogen) atoms. The maximum absolute atomic E-state index is 13.1. The lowest BCUT2D eigenvalue weighted by atomic mass is 9.91. The van der Waals surface area contributed by atoms with Gasteiger partial charge in [-0.2, -0.15) is 9.97 Å². The van der Waals surface area contributed by atoms with Crippen LogP contribution in [0.3, 0.4) is 0 Å². The molecule has 2 aliphatic heterocycles. The molecule has 9 heteroatoms. The molecule has 1 aromatic carbocycles.